The zero-order chi connectivity index (χ0) is 14.5. The first-order valence-corrected chi connectivity index (χ1v) is 6.48. The van der Waals surface area contributed by atoms with E-state index in [9.17, 15) is 9.59 Å². The first-order valence-electron chi connectivity index (χ1n) is 6.11. The van der Waals surface area contributed by atoms with Gasteiger partial charge < -0.3 is 19.7 Å². The van der Waals surface area contributed by atoms with Crippen LogP contribution in [0.3, 0.4) is 0 Å². The fourth-order valence-electron chi connectivity index (χ4n) is 1.77. The molecule has 0 bridgehead atoms. The summed E-state index contributed by atoms with van der Waals surface area (Å²) in [6, 6.07) is 7.19. The average molecular weight is 299 g/mol. The van der Waals surface area contributed by atoms with Crippen molar-refractivity contribution in [2.75, 3.05) is 26.7 Å². The molecule has 1 fully saturated rings. The minimum atomic E-state index is -0.622. The van der Waals surface area contributed by atoms with Gasteiger partial charge in [-0.15, -0.1) is 0 Å². The van der Waals surface area contributed by atoms with Gasteiger partial charge in [0.05, 0.1) is 25.2 Å². The van der Waals surface area contributed by atoms with Crippen molar-refractivity contribution in [2.24, 2.45) is 0 Å². The minimum absolute atomic E-state index is 0.0722. The molecule has 1 aromatic rings. The monoisotopic (exact) mass is 298 g/mol. The maximum atomic E-state index is 11.7. The van der Waals surface area contributed by atoms with Crippen LogP contribution in [-0.2, 0) is 9.53 Å². The maximum absolute atomic E-state index is 11.7. The van der Waals surface area contributed by atoms with Crippen LogP contribution in [-0.4, -0.2) is 49.7 Å². The van der Waals surface area contributed by atoms with Crippen LogP contribution in [0.15, 0.2) is 24.3 Å². The predicted molar refractivity (Wildman–Crippen MR) is 72.9 cm³/mol. The van der Waals surface area contributed by atoms with Gasteiger partial charge in [-0.25, -0.2) is 4.79 Å². The Morgan fingerprint density at radius 3 is 2.75 bits per heavy atom. The third-order valence-corrected chi connectivity index (χ3v) is 3.21. The van der Waals surface area contributed by atoms with Crippen molar-refractivity contribution in [3.8, 4) is 5.75 Å². The first-order chi connectivity index (χ1) is 9.60. The molecular weight excluding hydrogens is 284 g/mol. The number of hydrogen-bond acceptors (Lipinski definition) is 4. The fourth-order valence-corrected chi connectivity index (χ4v) is 1.95. The number of halogens is 1. The lowest BCUT2D eigenvalue weighted by atomic mass is 10.1. The molecule has 108 valence electrons. The number of amides is 2. The summed E-state index contributed by atoms with van der Waals surface area (Å²) in [6.45, 7) is 0.880. The Balaban J connectivity index is 1.73. The fraction of sp³-hybridized carbons (Fsp3) is 0.385. The molecule has 1 aliphatic heterocycles. The molecule has 1 heterocycles. The van der Waals surface area contributed by atoms with E-state index in [1.165, 1.54) is 7.11 Å². The lowest BCUT2D eigenvalue weighted by Crippen LogP contribution is -2.58. The highest BCUT2D eigenvalue weighted by atomic mass is 35.5. The number of carbonyl (C=O) groups is 2. The SMILES string of the molecule is COC(=O)NCC(=O)N1CC(Oc2ccccc2Cl)C1. The zero-order valence-corrected chi connectivity index (χ0v) is 11.7. The van der Waals surface area contributed by atoms with Crippen molar-refractivity contribution in [3.63, 3.8) is 0 Å². The zero-order valence-electron chi connectivity index (χ0n) is 11.0. The van der Waals surface area contributed by atoms with Crippen LogP contribution in [0.4, 0.5) is 4.79 Å². The molecule has 0 aromatic heterocycles. The molecule has 0 aliphatic carbocycles. The predicted octanol–water partition coefficient (Wildman–Crippen LogP) is 1.29. The van der Waals surface area contributed by atoms with Gasteiger partial charge in [0.15, 0.2) is 0 Å². The molecule has 0 saturated carbocycles. The van der Waals surface area contributed by atoms with Gasteiger partial charge in [-0.1, -0.05) is 23.7 Å². The number of methoxy groups -OCH3 is 1. The quantitative estimate of drug-likeness (QED) is 0.909. The van der Waals surface area contributed by atoms with Crippen molar-refractivity contribution >= 4 is 23.6 Å². The molecule has 1 saturated heterocycles. The number of ether oxygens (including phenoxy) is 2. The smallest absolute Gasteiger partial charge is 0.407 e. The molecule has 1 aromatic carbocycles. The Morgan fingerprint density at radius 2 is 2.10 bits per heavy atom. The van der Waals surface area contributed by atoms with Crippen LogP contribution in [0.1, 0.15) is 0 Å². The number of carbonyl (C=O) groups excluding carboxylic acids is 2. The Morgan fingerprint density at radius 1 is 1.40 bits per heavy atom. The third-order valence-electron chi connectivity index (χ3n) is 2.90. The third kappa shape index (κ3) is 3.54. The number of alkyl carbamates (subject to hydrolysis) is 1. The summed E-state index contributed by atoms with van der Waals surface area (Å²) in [7, 11) is 1.25. The van der Waals surface area contributed by atoms with Gasteiger partial charge in [0.25, 0.3) is 0 Å². The van der Waals surface area contributed by atoms with Crippen LogP contribution >= 0.6 is 11.6 Å². The largest absolute Gasteiger partial charge is 0.485 e. The van der Waals surface area contributed by atoms with Crippen LogP contribution in [0.2, 0.25) is 5.02 Å². The second-order valence-corrected chi connectivity index (χ2v) is 4.72. The molecule has 1 N–H and O–H groups in total. The van der Waals surface area contributed by atoms with Crippen molar-refractivity contribution in [3.05, 3.63) is 29.3 Å². The number of rotatable bonds is 4. The Hall–Kier alpha value is -1.95. The lowest BCUT2D eigenvalue weighted by Gasteiger charge is -2.39. The number of nitrogens with one attached hydrogen (secondary N) is 1. The van der Waals surface area contributed by atoms with Crippen molar-refractivity contribution in [1.82, 2.24) is 10.2 Å². The van der Waals surface area contributed by atoms with E-state index in [1.54, 1.807) is 17.0 Å². The Bertz CT molecular complexity index is 503. The molecule has 6 nitrogen and oxygen atoms in total. The molecule has 20 heavy (non-hydrogen) atoms. The minimum Gasteiger partial charge on any atom is -0.485 e. The van der Waals surface area contributed by atoms with E-state index in [2.05, 4.69) is 10.1 Å². The molecule has 2 amide bonds. The summed E-state index contributed by atoms with van der Waals surface area (Å²) in [5.74, 6) is 0.438. The molecule has 1 aliphatic rings. The topological polar surface area (TPSA) is 67.9 Å². The van der Waals surface area contributed by atoms with Crippen LogP contribution in [0, 0.1) is 0 Å². The average Bonchev–Trinajstić information content (AvgIpc) is 2.41. The summed E-state index contributed by atoms with van der Waals surface area (Å²) in [4.78, 5) is 24.1. The van der Waals surface area contributed by atoms with Gasteiger partial charge in [-0.2, -0.15) is 0 Å². The molecule has 0 unspecified atom stereocenters. The molecule has 7 heteroatoms. The summed E-state index contributed by atoms with van der Waals surface area (Å²) < 4.78 is 10.1. The van der Waals surface area contributed by atoms with Crippen LogP contribution in [0.5, 0.6) is 5.75 Å². The molecule has 0 spiro atoms. The van der Waals surface area contributed by atoms with E-state index in [-0.39, 0.29) is 18.6 Å². The van der Waals surface area contributed by atoms with Gasteiger partial charge in [0.1, 0.15) is 18.4 Å². The van der Waals surface area contributed by atoms with Gasteiger partial charge >= 0.3 is 6.09 Å². The highest BCUT2D eigenvalue weighted by Crippen LogP contribution is 2.26. The second kappa shape index (κ2) is 6.47. The highest BCUT2D eigenvalue weighted by molar-refractivity contribution is 6.32. The van der Waals surface area contributed by atoms with Crippen molar-refractivity contribution in [2.45, 2.75) is 6.10 Å². The summed E-state index contributed by atoms with van der Waals surface area (Å²) in [6.07, 6.45) is -0.695. The van der Waals surface area contributed by atoms with E-state index in [0.29, 0.717) is 23.9 Å². The van der Waals surface area contributed by atoms with Crippen LogP contribution in [0.25, 0.3) is 0 Å². The lowest BCUT2D eigenvalue weighted by molar-refractivity contribution is -0.138. The normalized spacial score (nSPS) is 14.4. The second-order valence-electron chi connectivity index (χ2n) is 4.31. The number of benzene rings is 1. The Kier molecular flexibility index (Phi) is 4.68. The standard InChI is InChI=1S/C13H15ClN2O4/c1-19-13(18)15-6-12(17)16-7-9(8-16)20-11-5-3-2-4-10(11)14/h2-5,9H,6-8H2,1H3,(H,15,18). The van der Waals surface area contributed by atoms with E-state index in [4.69, 9.17) is 16.3 Å². The maximum Gasteiger partial charge on any atom is 0.407 e. The van der Waals surface area contributed by atoms with Crippen molar-refractivity contribution in [1.29, 1.82) is 0 Å². The molecule has 2 rings (SSSR count). The van der Waals surface area contributed by atoms with Crippen LogP contribution < -0.4 is 10.1 Å². The number of likely N-dealkylation sites (tertiary alicyclic amines) is 1. The first kappa shape index (κ1) is 14.5. The van der Waals surface area contributed by atoms with Gasteiger partial charge in [0, 0.05) is 0 Å². The molecular formula is C13H15ClN2O4. The van der Waals surface area contributed by atoms with Gasteiger partial charge in [0.2, 0.25) is 5.91 Å². The van der Waals surface area contributed by atoms with Gasteiger partial charge in [-0.05, 0) is 12.1 Å². The summed E-state index contributed by atoms with van der Waals surface area (Å²) in [5, 5.41) is 2.89. The van der Waals surface area contributed by atoms with E-state index >= 15 is 0 Å². The highest BCUT2D eigenvalue weighted by Gasteiger charge is 2.32. The molecule has 0 atom stereocenters. The summed E-state index contributed by atoms with van der Waals surface area (Å²) >= 11 is 5.98. The number of nitrogens with zero attached hydrogens (tertiary/aromatic N) is 1. The Labute approximate surface area is 121 Å². The van der Waals surface area contributed by atoms with E-state index < -0.39 is 6.09 Å². The summed E-state index contributed by atoms with van der Waals surface area (Å²) in [5.41, 5.74) is 0. The van der Waals surface area contributed by atoms with E-state index in [0.717, 1.165) is 0 Å². The number of hydrogen-bond donors (Lipinski definition) is 1. The number of para-hydroxylation sites is 1. The van der Waals surface area contributed by atoms with E-state index in [1.807, 2.05) is 12.1 Å². The van der Waals surface area contributed by atoms with Crippen molar-refractivity contribution < 1.29 is 19.1 Å². The molecule has 0 radical (unpaired) electrons. The van der Waals surface area contributed by atoms with Gasteiger partial charge in [-0.3, -0.25) is 4.79 Å².